The lowest BCUT2D eigenvalue weighted by Crippen LogP contribution is -2.29. The van der Waals surface area contributed by atoms with E-state index in [9.17, 15) is 23.0 Å². The Balaban J connectivity index is 1.93. The Morgan fingerprint density at radius 3 is 2.61 bits per heavy atom. The van der Waals surface area contributed by atoms with E-state index >= 15 is 0 Å². The molecule has 2 aromatic heterocycles. The quantitative estimate of drug-likeness (QED) is 0.317. The lowest BCUT2D eigenvalue weighted by molar-refractivity contribution is 0.425. The lowest BCUT2D eigenvalue weighted by Gasteiger charge is -2.22. The number of phenols is 1. The van der Waals surface area contributed by atoms with Crippen LogP contribution >= 0.6 is 0 Å². The van der Waals surface area contributed by atoms with Crippen LogP contribution in [0.25, 0.3) is 26.5 Å². The fourth-order valence-electron chi connectivity index (χ4n) is 3.86. The molecule has 4 rings (SSSR count). The Kier molecular flexibility index (Phi) is 5.82. The molecule has 2 heterocycles. The van der Waals surface area contributed by atoms with E-state index in [1.807, 2.05) is 0 Å². The first-order valence-electron chi connectivity index (χ1n) is 10.1. The van der Waals surface area contributed by atoms with Crippen LogP contribution in [0.2, 0.25) is 0 Å². The zero-order valence-corrected chi connectivity index (χ0v) is 18.5. The van der Waals surface area contributed by atoms with Crippen molar-refractivity contribution in [3.05, 3.63) is 71.6 Å². The van der Waals surface area contributed by atoms with Gasteiger partial charge in [-0.1, -0.05) is 12.1 Å². The second kappa shape index (κ2) is 8.60. The molecule has 0 amide bonds. The molecular weight excluding hydrogens is 447 g/mol. The van der Waals surface area contributed by atoms with Crippen molar-refractivity contribution in [1.82, 2.24) is 9.55 Å². The summed E-state index contributed by atoms with van der Waals surface area (Å²) < 4.78 is 41.9. The number of anilines is 1. The van der Waals surface area contributed by atoms with E-state index in [1.165, 1.54) is 29.9 Å². The van der Waals surface area contributed by atoms with E-state index in [4.69, 9.17) is 6.57 Å². The molecule has 170 valence electrons. The molecule has 2 aromatic carbocycles. The van der Waals surface area contributed by atoms with E-state index in [2.05, 4.69) is 9.83 Å². The highest BCUT2D eigenvalue weighted by Crippen LogP contribution is 2.46. The maximum atomic E-state index is 13.3. The minimum Gasteiger partial charge on any atom is -0.505 e. The van der Waals surface area contributed by atoms with Gasteiger partial charge in [0.1, 0.15) is 11.3 Å². The van der Waals surface area contributed by atoms with Crippen LogP contribution in [0, 0.1) is 12.4 Å². The summed E-state index contributed by atoms with van der Waals surface area (Å²) in [6.45, 7) is 7.14. The first-order chi connectivity index (χ1) is 15.7. The Hall–Kier alpha value is -3.84. The van der Waals surface area contributed by atoms with E-state index in [0.29, 0.717) is 16.3 Å². The monoisotopic (exact) mass is 468 g/mol. The molecule has 0 saturated heterocycles. The lowest BCUT2D eigenvalue weighted by atomic mass is 10.1. The number of halogens is 1. The van der Waals surface area contributed by atoms with Crippen LogP contribution in [0.3, 0.4) is 0 Å². The number of rotatable bonds is 7. The summed E-state index contributed by atoms with van der Waals surface area (Å²) in [5, 5.41) is 22.6. The number of pyridine rings is 1. The normalized spacial score (nSPS) is 11.7. The Morgan fingerprint density at radius 2 is 1.91 bits per heavy atom. The average molecular weight is 469 g/mol. The molecule has 0 radical (unpaired) electrons. The first-order valence-corrected chi connectivity index (χ1v) is 11.7. The minimum atomic E-state index is -3.80. The van der Waals surface area contributed by atoms with Crippen LogP contribution in [0.1, 0.15) is 12.0 Å². The summed E-state index contributed by atoms with van der Waals surface area (Å²) in [5.74, 6) is -1.14. The third-order valence-corrected chi connectivity index (χ3v) is 7.32. The van der Waals surface area contributed by atoms with Gasteiger partial charge in [-0.2, -0.15) is 0 Å². The molecule has 0 atom stereocenters. The van der Waals surface area contributed by atoms with E-state index in [-0.39, 0.29) is 59.3 Å². The molecule has 0 aliphatic heterocycles. The van der Waals surface area contributed by atoms with E-state index in [1.54, 1.807) is 30.5 Å². The Labute approximate surface area is 190 Å². The second-order valence-corrected chi connectivity index (χ2v) is 9.73. The number of aromatic hydroxyl groups is 2. The highest BCUT2D eigenvalue weighted by atomic mass is 32.2. The number of nitrogens with zero attached hydrogens (tertiary/aromatic N) is 4. The molecule has 4 aromatic rings. The zero-order chi connectivity index (χ0) is 23.8. The molecule has 0 aliphatic rings. The van der Waals surface area contributed by atoms with Crippen LogP contribution in [-0.4, -0.2) is 47.5 Å². The summed E-state index contributed by atoms with van der Waals surface area (Å²) in [5.41, 5.74) is 1.12. The fraction of sp³-hybridized carbons (Fsp3) is 0.217. The van der Waals surface area contributed by atoms with Gasteiger partial charge >= 0.3 is 0 Å². The molecule has 0 saturated carbocycles. The van der Waals surface area contributed by atoms with Crippen molar-refractivity contribution in [2.45, 2.75) is 13.0 Å². The third-order valence-electron chi connectivity index (χ3n) is 5.50. The van der Waals surface area contributed by atoms with Gasteiger partial charge in [0.25, 0.3) is 0 Å². The van der Waals surface area contributed by atoms with Crippen molar-refractivity contribution in [1.29, 1.82) is 0 Å². The van der Waals surface area contributed by atoms with Gasteiger partial charge in [-0.25, -0.2) is 19.4 Å². The molecule has 0 fully saturated rings. The largest absolute Gasteiger partial charge is 0.505 e. The highest BCUT2D eigenvalue weighted by Gasteiger charge is 2.27. The van der Waals surface area contributed by atoms with Crippen molar-refractivity contribution < 1.29 is 23.0 Å². The second-order valence-electron chi connectivity index (χ2n) is 7.61. The number of sulfonamides is 1. The number of fused-ring (bicyclic) bond motifs is 2. The molecule has 8 nitrogen and oxygen atoms in total. The smallest absolute Gasteiger partial charge is 0.235 e. The average Bonchev–Trinajstić information content (AvgIpc) is 3.11. The van der Waals surface area contributed by atoms with Crippen LogP contribution < -0.4 is 4.31 Å². The number of aromatic nitrogens is 2. The standard InChI is InChI=1S/C23H21FN4O4S/c1-25-10-4-12-33(31,32)27(2)21-17-5-3-11-26-20(17)22(29)19-18(21)14-28(23(19)30)13-15-6-8-16(24)9-7-15/h3,5-9,11,14,29-30H,4,10,12-13H2,2H3. The highest BCUT2D eigenvalue weighted by molar-refractivity contribution is 7.92. The fourth-order valence-corrected chi connectivity index (χ4v) is 5.10. The molecule has 0 spiro atoms. The van der Waals surface area contributed by atoms with Gasteiger partial charge in [-0.05, 0) is 29.8 Å². The summed E-state index contributed by atoms with van der Waals surface area (Å²) >= 11 is 0. The van der Waals surface area contributed by atoms with Crippen LogP contribution in [-0.2, 0) is 16.6 Å². The number of hydrogen-bond donors (Lipinski definition) is 2. The third kappa shape index (κ3) is 4.03. The predicted molar refractivity (Wildman–Crippen MR) is 124 cm³/mol. The molecule has 10 heteroatoms. The maximum absolute atomic E-state index is 13.3. The van der Waals surface area contributed by atoms with Gasteiger partial charge in [-0.15, -0.1) is 0 Å². The summed E-state index contributed by atoms with van der Waals surface area (Å²) in [6, 6.07) is 9.04. The molecular formula is C23H21FN4O4S. The SMILES string of the molecule is [C-]#[N+]CCCS(=O)(=O)N(C)c1c2cccnc2c(O)c2c(O)n(Cc3ccc(F)cc3)cc12. The zero-order valence-electron chi connectivity index (χ0n) is 17.7. The van der Waals surface area contributed by atoms with Gasteiger partial charge in [0.05, 0.1) is 23.4 Å². The molecule has 33 heavy (non-hydrogen) atoms. The van der Waals surface area contributed by atoms with Gasteiger partial charge in [-0.3, -0.25) is 9.29 Å². The minimum absolute atomic E-state index is 0.0709. The summed E-state index contributed by atoms with van der Waals surface area (Å²) in [7, 11) is -2.40. The van der Waals surface area contributed by atoms with Crippen LogP contribution in [0.5, 0.6) is 11.6 Å². The van der Waals surface area contributed by atoms with E-state index in [0.717, 1.165) is 4.31 Å². The molecule has 0 aliphatic carbocycles. The van der Waals surface area contributed by atoms with E-state index < -0.39 is 10.0 Å². The summed E-state index contributed by atoms with van der Waals surface area (Å²) in [6.07, 6.45) is 3.21. The Bertz CT molecular complexity index is 1490. The van der Waals surface area contributed by atoms with Gasteiger partial charge in [0, 0.05) is 36.6 Å². The first kappa shape index (κ1) is 22.4. The topological polar surface area (TPSA) is 100 Å². The van der Waals surface area contributed by atoms with Gasteiger partial charge in [0.15, 0.2) is 5.75 Å². The van der Waals surface area contributed by atoms with Crippen molar-refractivity contribution in [3.63, 3.8) is 0 Å². The van der Waals surface area contributed by atoms with Crippen molar-refractivity contribution in [2.75, 3.05) is 23.7 Å². The van der Waals surface area contributed by atoms with Crippen molar-refractivity contribution in [2.24, 2.45) is 0 Å². The number of phenolic OH excluding ortho intramolecular Hbond substituents is 1. The van der Waals surface area contributed by atoms with Crippen LogP contribution in [0.4, 0.5) is 10.1 Å². The predicted octanol–water partition coefficient (Wildman–Crippen LogP) is 3.86. The number of benzene rings is 2. The van der Waals surface area contributed by atoms with Crippen molar-refractivity contribution in [3.8, 4) is 11.6 Å². The molecule has 0 unspecified atom stereocenters. The molecule has 0 bridgehead atoms. The van der Waals surface area contributed by atoms with Gasteiger partial charge < -0.3 is 19.6 Å². The maximum Gasteiger partial charge on any atom is 0.235 e. The molecule has 2 N–H and O–H groups in total. The van der Waals surface area contributed by atoms with Crippen molar-refractivity contribution >= 4 is 37.4 Å². The summed E-state index contributed by atoms with van der Waals surface area (Å²) in [4.78, 5) is 7.41. The number of hydrogen-bond acceptors (Lipinski definition) is 5. The van der Waals surface area contributed by atoms with Gasteiger partial charge in [0.2, 0.25) is 22.4 Å². The van der Waals surface area contributed by atoms with Crippen LogP contribution in [0.15, 0.2) is 48.8 Å². The Morgan fingerprint density at radius 1 is 1.18 bits per heavy atom.